The van der Waals surface area contributed by atoms with Crippen LogP contribution in [0.15, 0.2) is 83.8 Å². The maximum atomic E-state index is 10.9. The summed E-state index contributed by atoms with van der Waals surface area (Å²) in [4.78, 5) is 12.8. The van der Waals surface area contributed by atoms with Crippen molar-refractivity contribution in [1.29, 1.82) is 0 Å². The third-order valence-electron chi connectivity index (χ3n) is 4.17. The SMILES string of the molecule is O=[N+]([O-])c1ccc(C2=C(Sc3ccccc3)c3ccccc3OC2)cc1. The summed E-state index contributed by atoms with van der Waals surface area (Å²) in [6, 6.07) is 24.8. The molecule has 0 saturated heterocycles. The summed E-state index contributed by atoms with van der Waals surface area (Å²) in [5, 5.41) is 10.9. The van der Waals surface area contributed by atoms with Crippen molar-refractivity contribution >= 4 is 27.9 Å². The lowest BCUT2D eigenvalue weighted by molar-refractivity contribution is -0.384. The predicted molar refractivity (Wildman–Crippen MR) is 104 cm³/mol. The smallest absolute Gasteiger partial charge is 0.269 e. The molecule has 0 N–H and O–H groups in total. The summed E-state index contributed by atoms with van der Waals surface area (Å²) < 4.78 is 5.93. The first kappa shape index (κ1) is 16.4. The summed E-state index contributed by atoms with van der Waals surface area (Å²) in [5.74, 6) is 0.858. The molecular formula is C21H15NO3S. The molecule has 1 aliphatic heterocycles. The van der Waals surface area contributed by atoms with E-state index in [4.69, 9.17) is 4.74 Å². The van der Waals surface area contributed by atoms with Gasteiger partial charge in [-0.2, -0.15) is 0 Å². The second-order valence-electron chi connectivity index (χ2n) is 5.81. The fraction of sp³-hybridized carbons (Fsp3) is 0.0476. The van der Waals surface area contributed by atoms with E-state index in [1.807, 2.05) is 42.5 Å². The van der Waals surface area contributed by atoms with E-state index in [0.29, 0.717) is 6.61 Å². The lowest BCUT2D eigenvalue weighted by Crippen LogP contribution is -2.09. The Labute approximate surface area is 155 Å². The van der Waals surface area contributed by atoms with Gasteiger partial charge in [-0.05, 0) is 35.9 Å². The highest BCUT2D eigenvalue weighted by Crippen LogP contribution is 2.46. The second-order valence-corrected chi connectivity index (χ2v) is 6.90. The van der Waals surface area contributed by atoms with Crippen molar-refractivity contribution in [2.45, 2.75) is 4.90 Å². The van der Waals surface area contributed by atoms with E-state index in [9.17, 15) is 10.1 Å². The van der Waals surface area contributed by atoms with E-state index in [0.717, 1.165) is 32.3 Å². The minimum atomic E-state index is -0.384. The van der Waals surface area contributed by atoms with Crippen molar-refractivity contribution in [2.75, 3.05) is 6.61 Å². The number of non-ortho nitro benzene ring substituents is 1. The molecule has 0 bridgehead atoms. The molecule has 0 amide bonds. The maximum Gasteiger partial charge on any atom is 0.269 e. The Morgan fingerprint density at radius 3 is 2.31 bits per heavy atom. The third kappa shape index (κ3) is 3.21. The van der Waals surface area contributed by atoms with Crippen molar-refractivity contribution in [2.24, 2.45) is 0 Å². The second kappa shape index (κ2) is 7.06. The first-order valence-corrected chi connectivity index (χ1v) is 8.97. The molecule has 26 heavy (non-hydrogen) atoms. The van der Waals surface area contributed by atoms with Crippen molar-refractivity contribution in [3.8, 4) is 5.75 Å². The number of nitro groups is 1. The van der Waals surface area contributed by atoms with E-state index >= 15 is 0 Å². The first-order valence-electron chi connectivity index (χ1n) is 8.15. The number of ether oxygens (including phenoxy) is 1. The quantitative estimate of drug-likeness (QED) is 0.445. The highest BCUT2D eigenvalue weighted by Gasteiger charge is 2.22. The molecular weight excluding hydrogens is 346 g/mol. The van der Waals surface area contributed by atoms with Gasteiger partial charge in [0.15, 0.2) is 0 Å². The normalized spacial score (nSPS) is 13.1. The molecule has 0 unspecified atom stereocenters. The zero-order chi connectivity index (χ0) is 17.9. The number of benzene rings is 3. The molecule has 0 saturated carbocycles. The van der Waals surface area contributed by atoms with Crippen LogP contribution >= 0.6 is 11.8 Å². The predicted octanol–water partition coefficient (Wildman–Crippen LogP) is 5.65. The fourth-order valence-corrected chi connectivity index (χ4v) is 3.99. The molecule has 1 aliphatic rings. The topological polar surface area (TPSA) is 52.4 Å². The number of rotatable bonds is 4. The van der Waals surface area contributed by atoms with Gasteiger partial charge in [-0.3, -0.25) is 10.1 Å². The summed E-state index contributed by atoms with van der Waals surface area (Å²) in [6.07, 6.45) is 0. The highest BCUT2D eigenvalue weighted by atomic mass is 32.2. The zero-order valence-electron chi connectivity index (χ0n) is 13.8. The molecule has 0 aliphatic carbocycles. The molecule has 0 spiro atoms. The van der Waals surface area contributed by atoms with Gasteiger partial charge in [-0.15, -0.1) is 0 Å². The highest BCUT2D eigenvalue weighted by molar-refractivity contribution is 8.08. The summed E-state index contributed by atoms with van der Waals surface area (Å²) >= 11 is 1.69. The third-order valence-corrected chi connectivity index (χ3v) is 5.35. The van der Waals surface area contributed by atoms with Gasteiger partial charge >= 0.3 is 0 Å². The van der Waals surface area contributed by atoms with Crippen LogP contribution in [0.5, 0.6) is 5.75 Å². The number of nitrogens with zero attached hydrogens (tertiary/aromatic N) is 1. The van der Waals surface area contributed by atoms with Crippen LogP contribution in [0.4, 0.5) is 5.69 Å². The number of thioether (sulfide) groups is 1. The number of para-hydroxylation sites is 1. The van der Waals surface area contributed by atoms with Crippen LogP contribution in [0, 0.1) is 10.1 Å². The van der Waals surface area contributed by atoms with Crippen LogP contribution in [0.1, 0.15) is 11.1 Å². The number of fused-ring (bicyclic) bond motifs is 1. The van der Waals surface area contributed by atoms with Crippen molar-refractivity contribution in [1.82, 2.24) is 0 Å². The van der Waals surface area contributed by atoms with Crippen LogP contribution in [-0.2, 0) is 0 Å². The molecule has 1 heterocycles. The summed E-state index contributed by atoms with van der Waals surface area (Å²) in [6.45, 7) is 0.435. The number of hydrogen-bond donors (Lipinski definition) is 0. The van der Waals surface area contributed by atoms with Crippen LogP contribution in [-0.4, -0.2) is 11.5 Å². The largest absolute Gasteiger partial charge is 0.488 e. The fourth-order valence-electron chi connectivity index (χ4n) is 2.88. The molecule has 3 aromatic carbocycles. The van der Waals surface area contributed by atoms with Gasteiger partial charge < -0.3 is 4.74 Å². The monoisotopic (exact) mass is 361 g/mol. The number of nitro benzene ring substituents is 1. The molecule has 0 radical (unpaired) electrons. The van der Waals surface area contributed by atoms with Crippen LogP contribution in [0.3, 0.4) is 0 Å². The Kier molecular flexibility index (Phi) is 4.46. The van der Waals surface area contributed by atoms with Crippen molar-refractivity contribution in [3.05, 3.63) is 100 Å². The van der Waals surface area contributed by atoms with E-state index in [-0.39, 0.29) is 10.6 Å². The molecule has 4 rings (SSSR count). The molecule has 0 fully saturated rings. The molecule has 0 aromatic heterocycles. The lowest BCUT2D eigenvalue weighted by Gasteiger charge is -2.24. The lowest BCUT2D eigenvalue weighted by atomic mass is 10.0. The van der Waals surface area contributed by atoms with Crippen LogP contribution in [0.2, 0.25) is 0 Å². The van der Waals surface area contributed by atoms with Crippen molar-refractivity contribution < 1.29 is 9.66 Å². The van der Waals surface area contributed by atoms with Gasteiger partial charge in [0, 0.05) is 33.1 Å². The maximum absolute atomic E-state index is 10.9. The van der Waals surface area contributed by atoms with E-state index in [2.05, 4.69) is 12.1 Å². The van der Waals surface area contributed by atoms with E-state index < -0.39 is 0 Å². The van der Waals surface area contributed by atoms with Gasteiger partial charge in [0.1, 0.15) is 12.4 Å². The van der Waals surface area contributed by atoms with Crippen molar-refractivity contribution in [3.63, 3.8) is 0 Å². The molecule has 128 valence electrons. The van der Waals surface area contributed by atoms with Crippen LogP contribution in [0.25, 0.3) is 10.5 Å². The minimum absolute atomic E-state index is 0.0868. The number of hydrogen-bond acceptors (Lipinski definition) is 4. The van der Waals surface area contributed by atoms with Gasteiger partial charge in [-0.1, -0.05) is 48.2 Å². The van der Waals surface area contributed by atoms with E-state index in [1.165, 1.54) is 12.1 Å². The van der Waals surface area contributed by atoms with Gasteiger partial charge in [-0.25, -0.2) is 0 Å². The first-order chi connectivity index (χ1) is 12.7. The van der Waals surface area contributed by atoms with Crippen LogP contribution < -0.4 is 4.74 Å². The molecule has 3 aromatic rings. The summed E-state index contributed by atoms with van der Waals surface area (Å²) in [5.41, 5.74) is 3.10. The average Bonchev–Trinajstić information content (AvgIpc) is 2.69. The van der Waals surface area contributed by atoms with E-state index in [1.54, 1.807) is 23.9 Å². The van der Waals surface area contributed by atoms with Gasteiger partial charge in [0.25, 0.3) is 5.69 Å². The summed E-state index contributed by atoms with van der Waals surface area (Å²) in [7, 11) is 0. The standard InChI is InChI=1S/C21H15NO3S/c23-22(24)16-12-10-15(11-13-16)19-14-25-20-9-5-4-8-18(20)21(19)26-17-6-2-1-3-7-17/h1-13H,14H2. The van der Waals surface area contributed by atoms with Gasteiger partial charge in [0.2, 0.25) is 0 Å². The van der Waals surface area contributed by atoms with Gasteiger partial charge in [0.05, 0.1) is 4.92 Å². The molecule has 4 nitrogen and oxygen atoms in total. The molecule has 5 heteroatoms. The molecule has 0 atom stereocenters. The Morgan fingerprint density at radius 1 is 0.885 bits per heavy atom. The minimum Gasteiger partial charge on any atom is -0.488 e. The average molecular weight is 361 g/mol. The zero-order valence-corrected chi connectivity index (χ0v) is 14.6. The Hall–Kier alpha value is -3.05. The Balaban J connectivity index is 1.82. The Bertz CT molecular complexity index is 982. The Morgan fingerprint density at radius 2 is 1.58 bits per heavy atom.